The van der Waals surface area contributed by atoms with Crippen molar-refractivity contribution in [1.82, 2.24) is 9.97 Å². The Morgan fingerprint density at radius 3 is 2.65 bits per heavy atom. The van der Waals surface area contributed by atoms with Crippen LogP contribution in [-0.4, -0.2) is 28.8 Å². The first kappa shape index (κ1) is 13.5. The number of hydrogen-bond acceptors (Lipinski definition) is 5. The standard InChI is InChI=1S/C10H14ClN3O3/c1-10(2,3)17-9(15)14-7-8(16-4)13-6(11)5-12-7/h5H,1-4H3,(H,12,14,15). The molecule has 0 aromatic carbocycles. The minimum Gasteiger partial charge on any atom is -0.478 e. The van der Waals surface area contributed by atoms with Crippen molar-refractivity contribution in [3.8, 4) is 5.88 Å². The Labute approximate surface area is 104 Å². The van der Waals surface area contributed by atoms with Gasteiger partial charge < -0.3 is 9.47 Å². The third-order valence-corrected chi connectivity index (χ3v) is 1.71. The summed E-state index contributed by atoms with van der Waals surface area (Å²) in [6.45, 7) is 5.28. The average molecular weight is 260 g/mol. The predicted molar refractivity (Wildman–Crippen MR) is 63.5 cm³/mol. The molecular weight excluding hydrogens is 246 g/mol. The second-order valence-electron chi connectivity index (χ2n) is 4.18. The van der Waals surface area contributed by atoms with Gasteiger partial charge in [0.15, 0.2) is 11.0 Å². The van der Waals surface area contributed by atoms with E-state index < -0.39 is 11.7 Å². The smallest absolute Gasteiger partial charge is 0.413 e. The second kappa shape index (κ2) is 5.18. The summed E-state index contributed by atoms with van der Waals surface area (Å²) in [6.07, 6.45) is 0.670. The van der Waals surface area contributed by atoms with Gasteiger partial charge in [-0.05, 0) is 20.8 Å². The number of ether oxygens (including phenoxy) is 2. The molecule has 1 aromatic rings. The lowest BCUT2D eigenvalue weighted by Gasteiger charge is -2.19. The van der Waals surface area contributed by atoms with Crippen LogP contribution in [0.25, 0.3) is 0 Å². The third-order valence-electron chi connectivity index (χ3n) is 1.52. The first-order chi connectivity index (χ1) is 7.81. The number of nitrogens with zero attached hydrogens (tertiary/aromatic N) is 2. The summed E-state index contributed by atoms with van der Waals surface area (Å²) in [7, 11) is 1.40. The molecule has 6 nitrogen and oxygen atoms in total. The second-order valence-corrected chi connectivity index (χ2v) is 4.56. The van der Waals surface area contributed by atoms with Gasteiger partial charge in [0.1, 0.15) is 5.60 Å². The van der Waals surface area contributed by atoms with Crippen molar-refractivity contribution in [2.45, 2.75) is 26.4 Å². The fourth-order valence-corrected chi connectivity index (χ4v) is 1.11. The number of nitrogens with one attached hydrogen (secondary N) is 1. The zero-order valence-corrected chi connectivity index (χ0v) is 10.8. The van der Waals surface area contributed by atoms with Gasteiger partial charge in [-0.3, -0.25) is 5.32 Å². The van der Waals surface area contributed by atoms with Gasteiger partial charge in [-0.2, -0.15) is 4.98 Å². The molecule has 17 heavy (non-hydrogen) atoms. The molecule has 0 saturated carbocycles. The molecule has 0 atom stereocenters. The molecule has 1 amide bonds. The monoisotopic (exact) mass is 259 g/mol. The summed E-state index contributed by atoms with van der Waals surface area (Å²) in [5, 5.41) is 2.60. The van der Waals surface area contributed by atoms with E-state index in [0.717, 1.165) is 0 Å². The molecule has 0 bridgehead atoms. The molecule has 0 fully saturated rings. The fourth-order valence-electron chi connectivity index (χ4n) is 0.980. The van der Waals surface area contributed by atoms with Gasteiger partial charge in [-0.25, -0.2) is 9.78 Å². The van der Waals surface area contributed by atoms with E-state index in [1.54, 1.807) is 20.8 Å². The molecule has 0 aliphatic carbocycles. The predicted octanol–water partition coefficient (Wildman–Crippen LogP) is 2.49. The molecule has 0 unspecified atom stereocenters. The number of hydrogen-bond donors (Lipinski definition) is 1. The number of rotatable bonds is 2. The van der Waals surface area contributed by atoms with Crippen LogP contribution in [0.3, 0.4) is 0 Å². The highest BCUT2D eigenvalue weighted by Crippen LogP contribution is 2.21. The van der Waals surface area contributed by atoms with E-state index in [1.165, 1.54) is 13.3 Å². The normalized spacial score (nSPS) is 10.9. The van der Waals surface area contributed by atoms with Crippen LogP contribution in [-0.2, 0) is 4.74 Å². The number of methoxy groups -OCH3 is 1. The quantitative estimate of drug-likeness (QED) is 0.883. The molecule has 0 aliphatic heterocycles. The highest BCUT2D eigenvalue weighted by atomic mass is 35.5. The maximum atomic E-state index is 11.5. The van der Waals surface area contributed by atoms with Gasteiger partial charge in [-0.1, -0.05) is 11.6 Å². The number of amides is 1. The highest BCUT2D eigenvalue weighted by Gasteiger charge is 2.18. The Morgan fingerprint density at radius 2 is 2.12 bits per heavy atom. The molecule has 1 N–H and O–H groups in total. The first-order valence-electron chi connectivity index (χ1n) is 4.88. The van der Waals surface area contributed by atoms with Crippen molar-refractivity contribution in [1.29, 1.82) is 0 Å². The molecule has 0 saturated heterocycles. The van der Waals surface area contributed by atoms with E-state index in [1.807, 2.05) is 0 Å². The SMILES string of the molecule is COc1nc(Cl)cnc1NC(=O)OC(C)(C)C. The fraction of sp³-hybridized carbons (Fsp3) is 0.500. The number of halogens is 1. The van der Waals surface area contributed by atoms with Gasteiger partial charge in [0.05, 0.1) is 13.3 Å². The highest BCUT2D eigenvalue weighted by molar-refractivity contribution is 6.29. The Morgan fingerprint density at radius 1 is 1.47 bits per heavy atom. The Balaban J connectivity index is 2.78. The maximum absolute atomic E-state index is 11.5. The number of carbonyl (C=O) groups excluding carboxylic acids is 1. The molecule has 0 spiro atoms. The van der Waals surface area contributed by atoms with Crippen molar-refractivity contribution in [2.75, 3.05) is 12.4 Å². The molecule has 7 heteroatoms. The van der Waals surface area contributed by atoms with Gasteiger partial charge in [0, 0.05) is 0 Å². The third kappa shape index (κ3) is 4.44. The van der Waals surface area contributed by atoms with Crippen LogP contribution in [0.15, 0.2) is 6.20 Å². The Kier molecular flexibility index (Phi) is 4.11. The number of anilines is 1. The lowest BCUT2D eigenvalue weighted by Crippen LogP contribution is -2.27. The molecular formula is C10H14ClN3O3. The van der Waals surface area contributed by atoms with Crippen LogP contribution in [0, 0.1) is 0 Å². The zero-order valence-electron chi connectivity index (χ0n) is 10.1. The summed E-state index contributed by atoms with van der Waals surface area (Å²) >= 11 is 5.64. The number of aromatic nitrogens is 2. The van der Waals surface area contributed by atoms with Gasteiger partial charge in [0.2, 0.25) is 0 Å². The van der Waals surface area contributed by atoms with Crippen molar-refractivity contribution < 1.29 is 14.3 Å². The number of carbonyl (C=O) groups is 1. The molecule has 1 heterocycles. The Bertz CT molecular complexity index is 418. The van der Waals surface area contributed by atoms with Gasteiger partial charge >= 0.3 is 6.09 Å². The lowest BCUT2D eigenvalue weighted by atomic mass is 10.2. The van der Waals surface area contributed by atoms with Crippen LogP contribution in [0.4, 0.5) is 10.6 Å². The summed E-state index contributed by atoms with van der Waals surface area (Å²) in [6, 6.07) is 0. The van der Waals surface area contributed by atoms with Gasteiger partial charge in [0.25, 0.3) is 5.88 Å². The minimum absolute atomic E-state index is 0.128. The van der Waals surface area contributed by atoms with E-state index in [0.29, 0.717) is 0 Å². The summed E-state index contributed by atoms with van der Waals surface area (Å²) in [4.78, 5) is 19.2. The Hall–Kier alpha value is -1.56. The molecule has 94 valence electrons. The molecule has 1 aromatic heterocycles. The van der Waals surface area contributed by atoms with Crippen LogP contribution in [0.5, 0.6) is 5.88 Å². The lowest BCUT2D eigenvalue weighted by molar-refractivity contribution is 0.0634. The van der Waals surface area contributed by atoms with E-state index >= 15 is 0 Å². The van der Waals surface area contributed by atoms with Crippen LogP contribution in [0.1, 0.15) is 20.8 Å². The van der Waals surface area contributed by atoms with Crippen LogP contribution in [0.2, 0.25) is 5.15 Å². The van der Waals surface area contributed by atoms with Gasteiger partial charge in [-0.15, -0.1) is 0 Å². The maximum Gasteiger partial charge on any atom is 0.413 e. The van der Waals surface area contributed by atoms with Crippen LogP contribution < -0.4 is 10.1 Å². The van der Waals surface area contributed by atoms with E-state index in [2.05, 4.69) is 15.3 Å². The minimum atomic E-state index is -0.632. The first-order valence-corrected chi connectivity index (χ1v) is 5.26. The summed E-state index contributed by atoms with van der Waals surface area (Å²) in [5.41, 5.74) is -0.586. The summed E-state index contributed by atoms with van der Waals surface area (Å²) in [5.74, 6) is 0.287. The van der Waals surface area contributed by atoms with Crippen molar-refractivity contribution >= 4 is 23.5 Å². The topological polar surface area (TPSA) is 73.3 Å². The summed E-state index contributed by atoms with van der Waals surface area (Å²) < 4.78 is 9.99. The van der Waals surface area contributed by atoms with E-state index in [-0.39, 0.29) is 16.9 Å². The van der Waals surface area contributed by atoms with Crippen LogP contribution >= 0.6 is 11.6 Å². The van der Waals surface area contributed by atoms with E-state index in [4.69, 9.17) is 21.1 Å². The van der Waals surface area contributed by atoms with E-state index in [9.17, 15) is 4.79 Å². The average Bonchev–Trinajstić information content (AvgIpc) is 2.17. The van der Waals surface area contributed by atoms with Crippen molar-refractivity contribution in [2.24, 2.45) is 0 Å². The van der Waals surface area contributed by atoms with Crippen molar-refractivity contribution in [3.05, 3.63) is 11.3 Å². The van der Waals surface area contributed by atoms with Crippen molar-refractivity contribution in [3.63, 3.8) is 0 Å². The largest absolute Gasteiger partial charge is 0.478 e. The zero-order chi connectivity index (χ0) is 13.1. The molecule has 0 aliphatic rings. The molecule has 1 rings (SSSR count). The molecule has 0 radical (unpaired) electrons.